The number of rotatable bonds is 0. The summed E-state index contributed by atoms with van der Waals surface area (Å²) in [5.74, 6) is 0. The van der Waals surface area contributed by atoms with E-state index in [0.29, 0.717) is 10.7 Å². The van der Waals surface area contributed by atoms with Gasteiger partial charge in [-0.1, -0.05) is 36.3 Å². The molecule has 1 unspecified atom stereocenters. The summed E-state index contributed by atoms with van der Waals surface area (Å²) in [6, 6.07) is 6.94. The molecule has 0 N–H and O–H groups in total. The van der Waals surface area contributed by atoms with Crippen molar-refractivity contribution in [2.45, 2.75) is 64.1 Å². The summed E-state index contributed by atoms with van der Waals surface area (Å²) >= 11 is 0. The number of hydrogen-bond acceptors (Lipinski definition) is 0. The normalized spacial score (nSPS) is 35.5. The molecule has 20 heavy (non-hydrogen) atoms. The third-order valence-electron chi connectivity index (χ3n) is 6.65. The second-order valence-electron chi connectivity index (χ2n) is 7.81. The molecular formula is C19H25B. The van der Waals surface area contributed by atoms with Crippen LogP contribution in [0.2, 0.25) is 0 Å². The molecule has 104 valence electrons. The van der Waals surface area contributed by atoms with E-state index >= 15 is 0 Å². The summed E-state index contributed by atoms with van der Waals surface area (Å²) in [5, 5.41) is 0.345. The van der Waals surface area contributed by atoms with Crippen LogP contribution < -0.4 is 0 Å². The van der Waals surface area contributed by atoms with E-state index in [9.17, 15) is 0 Å². The fourth-order valence-electron chi connectivity index (χ4n) is 5.60. The van der Waals surface area contributed by atoms with Gasteiger partial charge < -0.3 is 0 Å². The lowest BCUT2D eigenvalue weighted by atomic mass is 9.47. The topological polar surface area (TPSA) is 0 Å². The highest BCUT2D eigenvalue weighted by molar-refractivity contribution is 6.19. The van der Waals surface area contributed by atoms with Gasteiger partial charge in [-0.25, -0.2) is 0 Å². The van der Waals surface area contributed by atoms with Gasteiger partial charge in [0.15, 0.2) is 0 Å². The van der Waals surface area contributed by atoms with Crippen LogP contribution in [0.3, 0.4) is 0 Å². The third-order valence-corrected chi connectivity index (χ3v) is 6.65. The summed E-state index contributed by atoms with van der Waals surface area (Å²) in [7, 11) is 2.54. The number of fused-ring (bicyclic) bond motifs is 4. The van der Waals surface area contributed by atoms with Crippen LogP contribution in [-0.2, 0) is 11.7 Å². The molecule has 0 amide bonds. The first kappa shape index (κ1) is 12.7. The summed E-state index contributed by atoms with van der Waals surface area (Å²) in [6.45, 7) is 4.86. The predicted molar refractivity (Wildman–Crippen MR) is 87.9 cm³/mol. The van der Waals surface area contributed by atoms with Gasteiger partial charge in [0.1, 0.15) is 7.85 Å². The molecule has 0 spiro atoms. The zero-order valence-electron chi connectivity index (χ0n) is 13.2. The van der Waals surface area contributed by atoms with Crippen molar-refractivity contribution in [3.05, 3.63) is 46.0 Å². The molecule has 1 saturated carbocycles. The lowest BCUT2D eigenvalue weighted by Gasteiger charge is -2.49. The SMILES string of the molecule is B[C@@]12CCC3(C)CCCC3=C1CCc1cccc(C)c12. The van der Waals surface area contributed by atoms with Crippen molar-refractivity contribution in [2.24, 2.45) is 5.41 Å². The summed E-state index contributed by atoms with van der Waals surface area (Å²) in [5.41, 5.74) is 9.07. The van der Waals surface area contributed by atoms with Gasteiger partial charge >= 0.3 is 0 Å². The molecular weight excluding hydrogens is 239 g/mol. The standard InChI is InChI=1S/C19H25B/c1-13-5-3-6-14-8-9-16-15-7-4-10-18(15,2)11-12-19(16,20)17(13)14/h3,5-6H,4,7-12,20H2,1-2H3/t18?,19-/m0/s1. The largest absolute Gasteiger partial charge is 0.120 e. The summed E-state index contributed by atoms with van der Waals surface area (Å²) < 4.78 is 0. The molecule has 1 aromatic carbocycles. The Bertz CT molecular complexity index is 612. The predicted octanol–water partition coefficient (Wildman–Crippen LogP) is 4.05. The minimum absolute atomic E-state index is 0.345. The quantitative estimate of drug-likeness (QED) is 0.490. The zero-order chi connectivity index (χ0) is 14.0. The lowest BCUT2D eigenvalue weighted by Crippen LogP contribution is -2.41. The van der Waals surface area contributed by atoms with Gasteiger partial charge in [0.05, 0.1) is 0 Å². The highest BCUT2D eigenvalue weighted by Crippen LogP contribution is 2.59. The van der Waals surface area contributed by atoms with Crippen molar-refractivity contribution in [3.8, 4) is 0 Å². The van der Waals surface area contributed by atoms with Gasteiger partial charge in [0, 0.05) is 0 Å². The molecule has 1 fully saturated rings. The van der Waals surface area contributed by atoms with Crippen molar-refractivity contribution in [1.82, 2.24) is 0 Å². The molecule has 0 saturated heterocycles. The molecule has 3 aliphatic rings. The second-order valence-corrected chi connectivity index (χ2v) is 7.81. The summed E-state index contributed by atoms with van der Waals surface area (Å²) in [6.07, 6.45) is 9.58. The maximum atomic E-state index is 2.54. The van der Waals surface area contributed by atoms with Crippen LogP contribution in [0.5, 0.6) is 0 Å². The van der Waals surface area contributed by atoms with E-state index in [1.54, 1.807) is 11.1 Å². The molecule has 0 heterocycles. The van der Waals surface area contributed by atoms with E-state index in [0.717, 1.165) is 0 Å². The van der Waals surface area contributed by atoms with E-state index in [1.807, 2.05) is 11.1 Å². The maximum Gasteiger partial charge on any atom is 0.120 e. The van der Waals surface area contributed by atoms with Crippen molar-refractivity contribution < 1.29 is 0 Å². The molecule has 2 atom stereocenters. The fraction of sp³-hybridized carbons (Fsp3) is 0.579. The molecule has 0 bridgehead atoms. The number of hydrogen-bond donors (Lipinski definition) is 0. The van der Waals surface area contributed by atoms with E-state index in [2.05, 4.69) is 39.9 Å². The number of benzene rings is 1. The molecule has 0 aromatic heterocycles. The Kier molecular flexibility index (Phi) is 2.56. The Balaban J connectivity index is 1.96. The Labute approximate surface area is 124 Å². The van der Waals surface area contributed by atoms with Crippen LogP contribution in [0.4, 0.5) is 0 Å². The lowest BCUT2D eigenvalue weighted by molar-refractivity contribution is 0.308. The van der Waals surface area contributed by atoms with Crippen LogP contribution >= 0.6 is 0 Å². The average Bonchev–Trinajstić information content (AvgIpc) is 2.80. The summed E-state index contributed by atoms with van der Waals surface area (Å²) in [4.78, 5) is 0. The van der Waals surface area contributed by atoms with Crippen LogP contribution in [0.1, 0.15) is 62.1 Å². The third kappa shape index (κ3) is 1.50. The molecule has 0 aliphatic heterocycles. The smallest absolute Gasteiger partial charge is 0.0677 e. The van der Waals surface area contributed by atoms with Crippen molar-refractivity contribution >= 4 is 7.85 Å². The van der Waals surface area contributed by atoms with Gasteiger partial charge in [-0.05, 0) is 79.3 Å². The van der Waals surface area contributed by atoms with E-state index < -0.39 is 0 Å². The molecule has 1 heteroatoms. The molecule has 4 rings (SSSR count). The van der Waals surface area contributed by atoms with Gasteiger partial charge in [0.25, 0.3) is 0 Å². The van der Waals surface area contributed by atoms with Crippen LogP contribution in [0.25, 0.3) is 0 Å². The van der Waals surface area contributed by atoms with Gasteiger partial charge in [-0.15, -0.1) is 0 Å². The second kappa shape index (κ2) is 4.03. The Morgan fingerprint density at radius 2 is 1.85 bits per heavy atom. The van der Waals surface area contributed by atoms with Crippen molar-refractivity contribution in [3.63, 3.8) is 0 Å². The fourth-order valence-corrected chi connectivity index (χ4v) is 5.60. The van der Waals surface area contributed by atoms with Gasteiger partial charge in [-0.2, -0.15) is 0 Å². The minimum Gasteiger partial charge on any atom is -0.0677 e. The Hall–Kier alpha value is -0.975. The van der Waals surface area contributed by atoms with Gasteiger partial charge in [-0.3, -0.25) is 0 Å². The molecule has 0 radical (unpaired) electrons. The number of allylic oxidation sites excluding steroid dienone is 2. The average molecular weight is 264 g/mol. The van der Waals surface area contributed by atoms with Crippen LogP contribution in [-0.4, -0.2) is 7.85 Å². The van der Waals surface area contributed by atoms with Crippen molar-refractivity contribution in [1.29, 1.82) is 0 Å². The molecule has 1 aromatic rings. The maximum absolute atomic E-state index is 2.54. The van der Waals surface area contributed by atoms with E-state index in [-0.39, 0.29) is 0 Å². The van der Waals surface area contributed by atoms with Crippen LogP contribution in [0.15, 0.2) is 29.3 Å². The zero-order valence-corrected chi connectivity index (χ0v) is 13.2. The van der Waals surface area contributed by atoms with Crippen molar-refractivity contribution in [2.75, 3.05) is 0 Å². The monoisotopic (exact) mass is 264 g/mol. The first-order valence-electron chi connectivity index (χ1n) is 8.37. The Morgan fingerprint density at radius 1 is 1.00 bits per heavy atom. The molecule has 3 aliphatic carbocycles. The first-order valence-corrected chi connectivity index (χ1v) is 8.37. The van der Waals surface area contributed by atoms with Gasteiger partial charge in [0.2, 0.25) is 0 Å². The highest BCUT2D eigenvalue weighted by Gasteiger charge is 2.48. The first-order chi connectivity index (χ1) is 9.55. The van der Waals surface area contributed by atoms with Crippen LogP contribution in [0, 0.1) is 12.3 Å². The minimum atomic E-state index is 0.345. The van der Waals surface area contributed by atoms with E-state index in [4.69, 9.17) is 0 Å². The molecule has 0 nitrogen and oxygen atoms in total. The Morgan fingerprint density at radius 3 is 2.70 bits per heavy atom. The number of aryl methyl sites for hydroxylation is 2. The van der Waals surface area contributed by atoms with E-state index in [1.165, 1.54) is 50.5 Å². The highest BCUT2D eigenvalue weighted by atomic mass is 14.5.